The van der Waals surface area contributed by atoms with E-state index in [9.17, 15) is 4.79 Å². The molecule has 0 aliphatic heterocycles. The predicted molar refractivity (Wildman–Crippen MR) is 68.8 cm³/mol. The van der Waals surface area contributed by atoms with Crippen LogP contribution in [0.5, 0.6) is 0 Å². The molecule has 0 spiro atoms. The largest absolute Gasteiger partial charge is 0.330 e. The van der Waals surface area contributed by atoms with E-state index in [0.717, 1.165) is 22.3 Å². The Morgan fingerprint density at radius 3 is 2.94 bits per heavy atom. The van der Waals surface area contributed by atoms with E-state index < -0.39 is 0 Å². The Bertz CT molecular complexity index is 551. The summed E-state index contributed by atoms with van der Waals surface area (Å²) in [6.45, 7) is 2.28. The zero-order chi connectivity index (χ0) is 12.3. The second kappa shape index (κ2) is 4.93. The van der Waals surface area contributed by atoms with Crippen molar-refractivity contribution in [2.75, 3.05) is 11.9 Å². The normalized spacial score (nSPS) is 10.5. The molecular weight excluding hydrogens is 214 g/mol. The van der Waals surface area contributed by atoms with Crippen molar-refractivity contribution < 1.29 is 4.79 Å². The maximum atomic E-state index is 11.5. The van der Waals surface area contributed by atoms with Crippen molar-refractivity contribution in [2.45, 2.75) is 13.3 Å². The van der Waals surface area contributed by atoms with E-state index in [1.165, 1.54) is 0 Å². The summed E-state index contributed by atoms with van der Waals surface area (Å²) in [5.41, 5.74) is 7.83. The van der Waals surface area contributed by atoms with Gasteiger partial charge < -0.3 is 11.1 Å². The molecule has 0 fully saturated rings. The predicted octanol–water partition coefficient (Wildman–Crippen LogP) is 1.83. The summed E-state index contributed by atoms with van der Waals surface area (Å²) >= 11 is 0. The molecule has 0 bridgehead atoms. The highest BCUT2D eigenvalue weighted by molar-refractivity contribution is 6.00. The second-order valence-electron chi connectivity index (χ2n) is 3.92. The Kier molecular flexibility index (Phi) is 3.35. The van der Waals surface area contributed by atoms with Gasteiger partial charge in [0.25, 0.3) is 0 Å². The number of nitrogens with zero attached hydrogens (tertiary/aromatic N) is 1. The van der Waals surface area contributed by atoms with Gasteiger partial charge in [0.2, 0.25) is 5.91 Å². The van der Waals surface area contributed by atoms with Gasteiger partial charge in [-0.3, -0.25) is 9.78 Å². The van der Waals surface area contributed by atoms with Gasteiger partial charge in [0.15, 0.2) is 0 Å². The number of rotatable bonds is 3. The van der Waals surface area contributed by atoms with Crippen LogP contribution >= 0.6 is 0 Å². The second-order valence-corrected chi connectivity index (χ2v) is 3.92. The van der Waals surface area contributed by atoms with Crippen molar-refractivity contribution >= 4 is 22.5 Å². The highest BCUT2D eigenvalue weighted by atomic mass is 16.1. The number of fused-ring (bicyclic) bond motifs is 1. The molecule has 17 heavy (non-hydrogen) atoms. The number of amides is 1. The van der Waals surface area contributed by atoms with Crippen LogP contribution in [0.2, 0.25) is 0 Å². The minimum atomic E-state index is -0.0803. The molecule has 88 valence electrons. The molecule has 1 aromatic heterocycles. The molecule has 1 amide bonds. The zero-order valence-electron chi connectivity index (χ0n) is 9.73. The van der Waals surface area contributed by atoms with Gasteiger partial charge in [0.05, 0.1) is 11.2 Å². The Morgan fingerprint density at radius 1 is 1.35 bits per heavy atom. The Balaban J connectivity index is 2.39. The molecule has 0 unspecified atom stereocenters. The number of hydrogen-bond acceptors (Lipinski definition) is 3. The van der Waals surface area contributed by atoms with Gasteiger partial charge in [-0.2, -0.15) is 0 Å². The molecule has 0 aliphatic rings. The number of anilines is 1. The van der Waals surface area contributed by atoms with Gasteiger partial charge in [0, 0.05) is 24.0 Å². The number of benzene rings is 1. The van der Waals surface area contributed by atoms with Crippen molar-refractivity contribution in [1.29, 1.82) is 0 Å². The molecule has 2 aromatic rings. The number of pyridine rings is 1. The summed E-state index contributed by atoms with van der Waals surface area (Å²) in [5.74, 6) is -0.0803. The van der Waals surface area contributed by atoms with E-state index in [4.69, 9.17) is 5.73 Å². The number of carbonyl (C=O) groups excluding carboxylic acids is 1. The summed E-state index contributed by atoms with van der Waals surface area (Å²) in [5, 5.41) is 3.85. The number of aromatic nitrogens is 1. The molecule has 1 aromatic carbocycles. The fourth-order valence-corrected chi connectivity index (χ4v) is 1.69. The maximum absolute atomic E-state index is 11.5. The standard InChI is InChI=1S/C13H15N3O/c1-9-5-6-10-3-2-4-11(13(10)15-9)16-12(17)7-8-14/h2-6H,7-8,14H2,1H3,(H,16,17). The summed E-state index contributed by atoms with van der Waals surface area (Å²) in [7, 11) is 0. The van der Waals surface area contributed by atoms with Crippen LogP contribution in [-0.2, 0) is 4.79 Å². The molecule has 0 radical (unpaired) electrons. The van der Waals surface area contributed by atoms with Crippen LogP contribution in [-0.4, -0.2) is 17.4 Å². The summed E-state index contributed by atoms with van der Waals surface area (Å²) < 4.78 is 0. The Hall–Kier alpha value is -1.94. The van der Waals surface area contributed by atoms with Crippen LogP contribution < -0.4 is 11.1 Å². The minimum absolute atomic E-state index is 0.0803. The number of hydrogen-bond donors (Lipinski definition) is 2. The molecule has 2 rings (SSSR count). The zero-order valence-corrected chi connectivity index (χ0v) is 9.73. The third-order valence-corrected chi connectivity index (χ3v) is 2.50. The SMILES string of the molecule is Cc1ccc2cccc(NC(=O)CCN)c2n1. The van der Waals surface area contributed by atoms with Crippen LogP contribution in [0.4, 0.5) is 5.69 Å². The monoisotopic (exact) mass is 229 g/mol. The highest BCUT2D eigenvalue weighted by Crippen LogP contribution is 2.21. The van der Waals surface area contributed by atoms with Gasteiger partial charge in [-0.25, -0.2) is 0 Å². The van der Waals surface area contributed by atoms with E-state index in [0.29, 0.717) is 13.0 Å². The number of para-hydroxylation sites is 1. The lowest BCUT2D eigenvalue weighted by atomic mass is 10.1. The summed E-state index contributed by atoms with van der Waals surface area (Å²) in [6, 6.07) is 9.67. The van der Waals surface area contributed by atoms with Gasteiger partial charge in [-0.1, -0.05) is 18.2 Å². The van der Waals surface area contributed by atoms with Crippen molar-refractivity contribution in [3.63, 3.8) is 0 Å². The molecule has 4 heteroatoms. The molecule has 4 nitrogen and oxygen atoms in total. The molecule has 1 heterocycles. The summed E-state index contributed by atoms with van der Waals surface area (Å²) in [6.07, 6.45) is 0.322. The van der Waals surface area contributed by atoms with E-state index in [1.54, 1.807) is 0 Å². The average molecular weight is 229 g/mol. The molecule has 0 saturated heterocycles. The first-order valence-corrected chi connectivity index (χ1v) is 5.57. The maximum Gasteiger partial charge on any atom is 0.225 e. The third-order valence-electron chi connectivity index (χ3n) is 2.50. The van der Waals surface area contributed by atoms with Crippen molar-refractivity contribution in [3.05, 3.63) is 36.0 Å². The molecule has 3 N–H and O–H groups in total. The fraction of sp³-hybridized carbons (Fsp3) is 0.231. The molecule has 0 saturated carbocycles. The van der Waals surface area contributed by atoms with E-state index in [1.807, 2.05) is 37.3 Å². The number of nitrogens with one attached hydrogen (secondary N) is 1. The number of nitrogens with two attached hydrogens (primary N) is 1. The first-order chi connectivity index (χ1) is 8.20. The molecular formula is C13H15N3O. The minimum Gasteiger partial charge on any atom is -0.330 e. The quantitative estimate of drug-likeness (QED) is 0.843. The van der Waals surface area contributed by atoms with E-state index in [2.05, 4.69) is 10.3 Å². The first-order valence-electron chi connectivity index (χ1n) is 5.57. The highest BCUT2D eigenvalue weighted by Gasteiger charge is 2.06. The molecule has 0 aliphatic carbocycles. The first kappa shape index (κ1) is 11.5. The number of carbonyl (C=O) groups is 1. The third kappa shape index (κ3) is 2.60. The van der Waals surface area contributed by atoms with Crippen molar-refractivity contribution in [2.24, 2.45) is 5.73 Å². The average Bonchev–Trinajstić information content (AvgIpc) is 2.30. The molecule has 0 atom stereocenters. The summed E-state index contributed by atoms with van der Waals surface area (Å²) in [4.78, 5) is 16.0. The van der Waals surface area contributed by atoms with Gasteiger partial charge in [-0.15, -0.1) is 0 Å². The lowest BCUT2D eigenvalue weighted by Gasteiger charge is -2.08. The van der Waals surface area contributed by atoms with Crippen LogP contribution in [0.1, 0.15) is 12.1 Å². The Labute approximate surface area is 99.8 Å². The lowest BCUT2D eigenvalue weighted by molar-refractivity contribution is -0.116. The van der Waals surface area contributed by atoms with Gasteiger partial charge >= 0.3 is 0 Å². The van der Waals surface area contributed by atoms with Crippen LogP contribution in [0, 0.1) is 6.92 Å². The van der Waals surface area contributed by atoms with Crippen molar-refractivity contribution in [3.8, 4) is 0 Å². The smallest absolute Gasteiger partial charge is 0.225 e. The van der Waals surface area contributed by atoms with Crippen LogP contribution in [0.3, 0.4) is 0 Å². The number of aryl methyl sites for hydroxylation is 1. The van der Waals surface area contributed by atoms with Crippen LogP contribution in [0.15, 0.2) is 30.3 Å². The van der Waals surface area contributed by atoms with Crippen molar-refractivity contribution in [1.82, 2.24) is 4.98 Å². The van der Waals surface area contributed by atoms with Gasteiger partial charge in [-0.05, 0) is 19.1 Å². The Morgan fingerprint density at radius 2 is 2.18 bits per heavy atom. The van der Waals surface area contributed by atoms with Crippen LogP contribution in [0.25, 0.3) is 10.9 Å². The van der Waals surface area contributed by atoms with E-state index in [-0.39, 0.29) is 5.91 Å². The van der Waals surface area contributed by atoms with E-state index >= 15 is 0 Å². The topological polar surface area (TPSA) is 68.0 Å². The lowest BCUT2D eigenvalue weighted by Crippen LogP contribution is -2.16. The fourth-order valence-electron chi connectivity index (χ4n) is 1.69. The van der Waals surface area contributed by atoms with Gasteiger partial charge in [0.1, 0.15) is 0 Å².